The quantitative estimate of drug-likeness (QED) is 0.641. The fourth-order valence-electron chi connectivity index (χ4n) is 3.09. The molecule has 1 aromatic heterocycles. The number of rotatable bonds is 2. The van der Waals surface area contributed by atoms with Crippen molar-refractivity contribution in [2.45, 2.75) is 39.3 Å². The van der Waals surface area contributed by atoms with E-state index in [4.69, 9.17) is 0 Å². The van der Waals surface area contributed by atoms with Gasteiger partial charge in [-0.05, 0) is 26.2 Å². The Bertz CT molecular complexity index is 622. The number of aryl methyl sites for hydroxylation is 1. The molecule has 1 aliphatic carbocycles. The van der Waals surface area contributed by atoms with Crippen LogP contribution in [0.5, 0.6) is 0 Å². The van der Waals surface area contributed by atoms with Crippen LogP contribution in [0.3, 0.4) is 0 Å². The molecule has 0 aromatic carbocycles. The molecular formula is C14H18N4O3. The Kier molecular flexibility index (Phi) is 3.27. The molecule has 1 atom stereocenters. The van der Waals surface area contributed by atoms with Crippen LogP contribution >= 0.6 is 0 Å². The summed E-state index contributed by atoms with van der Waals surface area (Å²) in [6.07, 6.45) is 4.99. The molecule has 1 unspecified atom stereocenters. The van der Waals surface area contributed by atoms with Crippen molar-refractivity contribution in [2.75, 3.05) is 6.54 Å². The maximum absolute atomic E-state index is 12.8. The van der Waals surface area contributed by atoms with Crippen molar-refractivity contribution < 1.29 is 14.7 Å². The maximum atomic E-state index is 12.8. The van der Waals surface area contributed by atoms with Gasteiger partial charge in [-0.15, -0.1) is 10.2 Å². The van der Waals surface area contributed by atoms with Crippen LogP contribution in [0, 0.1) is 12.3 Å². The average molecular weight is 290 g/mol. The zero-order valence-electron chi connectivity index (χ0n) is 11.9. The number of hydrogen-bond donors (Lipinski definition) is 1. The molecule has 112 valence electrons. The van der Waals surface area contributed by atoms with E-state index in [1.165, 1.54) is 0 Å². The van der Waals surface area contributed by atoms with Crippen LogP contribution in [-0.2, 0) is 22.7 Å². The Balaban J connectivity index is 1.85. The highest BCUT2D eigenvalue weighted by Gasteiger charge is 2.48. The molecule has 0 spiro atoms. The van der Waals surface area contributed by atoms with Crippen molar-refractivity contribution in [1.29, 1.82) is 0 Å². The van der Waals surface area contributed by atoms with Crippen LogP contribution in [0.15, 0.2) is 12.2 Å². The summed E-state index contributed by atoms with van der Waals surface area (Å²) in [5, 5.41) is 17.6. The van der Waals surface area contributed by atoms with Crippen LogP contribution < -0.4 is 0 Å². The second-order valence-electron chi connectivity index (χ2n) is 5.64. The third-order valence-corrected chi connectivity index (χ3v) is 4.41. The maximum Gasteiger partial charge on any atom is 0.319 e. The minimum absolute atomic E-state index is 0.267. The van der Waals surface area contributed by atoms with Gasteiger partial charge >= 0.3 is 5.97 Å². The minimum Gasteiger partial charge on any atom is -0.480 e. The summed E-state index contributed by atoms with van der Waals surface area (Å²) >= 11 is 0. The number of nitrogens with zero attached hydrogens (tertiary/aromatic N) is 4. The number of carboxylic acids is 1. The lowest BCUT2D eigenvalue weighted by Crippen LogP contribution is -2.51. The van der Waals surface area contributed by atoms with E-state index in [0.29, 0.717) is 32.5 Å². The number of amides is 1. The molecule has 21 heavy (non-hydrogen) atoms. The van der Waals surface area contributed by atoms with E-state index in [1.54, 1.807) is 11.0 Å². The summed E-state index contributed by atoms with van der Waals surface area (Å²) in [5.41, 5.74) is -1.31. The van der Waals surface area contributed by atoms with Gasteiger partial charge in [0.1, 0.15) is 11.2 Å². The molecule has 1 N–H and O–H groups in total. The fourth-order valence-corrected chi connectivity index (χ4v) is 3.09. The zero-order valence-corrected chi connectivity index (χ0v) is 11.9. The topological polar surface area (TPSA) is 88.3 Å². The van der Waals surface area contributed by atoms with Crippen molar-refractivity contribution in [1.82, 2.24) is 19.7 Å². The van der Waals surface area contributed by atoms with Crippen LogP contribution in [0.2, 0.25) is 0 Å². The molecule has 1 aliphatic heterocycles. The normalized spacial score (nSPS) is 24.7. The van der Waals surface area contributed by atoms with Gasteiger partial charge in [-0.3, -0.25) is 9.59 Å². The molecule has 0 saturated carbocycles. The Hall–Kier alpha value is -2.18. The lowest BCUT2D eigenvalue weighted by atomic mass is 9.75. The number of carboxylic acid groups (broad SMARTS) is 1. The zero-order chi connectivity index (χ0) is 15.0. The summed E-state index contributed by atoms with van der Waals surface area (Å²) in [5.74, 6) is 0.218. The van der Waals surface area contributed by atoms with Gasteiger partial charge in [0.2, 0.25) is 5.91 Å². The molecule has 2 heterocycles. The molecule has 0 bridgehead atoms. The Morgan fingerprint density at radius 2 is 2.10 bits per heavy atom. The van der Waals surface area contributed by atoms with E-state index in [1.807, 2.05) is 17.6 Å². The lowest BCUT2D eigenvalue weighted by molar-refractivity contribution is -0.162. The number of aromatic nitrogens is 3. The van der Waals surface area contributed by atoms with Crippen LogP contribution in [0.25, 0.3) is 0 Å². The average Bonchev–Trinajstić information content (AvgIpc) is 2.88. The van der Waals surface area contributed by atoms with Crippen LogP contribution in [0.1, 0.15) is 30.9 Å². The molecule has 7 heteroatoms. The van der Waals surface area contributed by atoms with Crippen molar-refractivity contribution in [3.63, 3.8) is 0 Å². The number of allylic oxidation sites excluding steroid dienone is 2. The summed E-state index contributed by atoms with van der Waals surface area (Å²) in [6, 6.07) is 0. The molecule has 1 amide bonds. The predicted molar refractivity (Wildman–Crippen MR) is 73.2 cm³/mol. The van der Waals surface area contributed by atoms with Crippen molar-refractivity contribution in [2.24, 2.45) is 5.41 Å². The van der Waals surface area contributed by atoms with E-state index in [-0.39, 0.29) is 12.3 Å². The molecule has 0 saturated heterocycles. The van der Waals surface area contributed by atoms with Crippen LogP contribution in [-0.4, -0.2) is 43.2 Å². The van der Waals surface area contributed by atoms with E-state index in [0.717, 1.165) is 11.6 Å². The van der Waals surface area contributed by atoms with Crippen molar-refractivity contribution in [3.8, 4) is 0 Å². The largest absolute Gasteiger partial charge is 0.480 e. The Morgan fingerprint density at radius 3 is 2.76 bits per heavy atom. The summed E-state index contributed by atoms with van der Waals surface area (Å²) in [6.45, 7) is 3.33. The molecule has 0 radical (unpaired) electrons. The van der Waals surface area contributed by atoms with Gasteiger partial charge in [0.25, 0.3) is 0 Å². The highest BCUT2D eigenvalue weighted by Crippen LogP contribution is 2.36. The summed E-state index contributed by atoms with van der Waals surface area (Å²) in [4.78, 5) is 26.1. The monoisotopic (exact) mass is 290 g/mol. The standard InChI is InChI=1S/C14H18N4O3/c1-10-15-16-11-9-17(7-8-18(10)11)12(19)14(13(20)21)5-3-2-4-6-14/h2-3H,4-9H2,1H3,(H,20,21). The third kappa shape index (κ3) is 2.12. The third-order valence-electron chi connectivity index (χ3n) is 4.41. The number of carbonyl (C=O) groups excluding carboxylic acids is 1. The van der Waals surface area contributed by atoms with E-state index >= 15 is 0 Å². The minimum atomic E-state index is -1.31. The number of carbonyl (C=O) groups is 2. The van der Waals surface area contributed by atoms with Gasteiger partial charge < -0.3 is 14.6 Å². The first kappa shape index (κ1) is 13.8. The first-order valence-corrected chi connectivity index (χ1v) is 7.11. The van der Waals surface area contributed by atoms with Crippen molar-refractivity contribution in [3.05, 3.63) is 23.8 Å². The summed E-state index contributed by atoms with van der Waals surface area (Å²) in [7, 11) is 0. The number of fused-ring (bicyclic) bond motifs is 1. The van der Waals surface area contributed by atoms with Gasteiger partial charge in [0.05, 0.1) is 6.54 Å². The first-order valence-electron chi connectivity index (χ1n) is 7.11. The molecule has 0 fully saturated rings. The fraction of sp³-hybridized carbons (Fsp3) is 0.571. The second-order valence-corrected chi connectivity index (χ2v) is 5.64. The first-order chi connectivity index (χ1) is 10.0. The molecule has 2 aliphatic rings. The van der Waals surface area contributed by atoms with E-state index < -0.39 is 11.4 Å². The van der Waals surface area contributed by atoms with E-state index in [2.05, 4.69) is 10.2 Å². The Morgan fingerprint density at radius 1 is 1.29 bits per heavy atom. The van der Waals surface area contributed by atoms with Gasteiger partial charge in [0.15, 0.2) is 5.82 Å². The molecule has 3 rings (SSSR count). The van der Waals surface area contributed by atoms with Crippen LogP contribution in [0.4, 0.5) is 0 Å². The SMILES string of the molecule is Cc1nnc2n1CCN(C(=O)C1(C(=O)O)CC=CCC1)C2. The predicted octanol–water partition coefficient (Wildman–Crippen LogP) is 0.740. The van der Waals surface area contributed by atoms with Gasteiger partial charge in [-0.25, -0.2) is 0 Å². The Labute approximate surface area is 122 Å². The number of hydrogen-bond acceptors (Lipinski definition) is 4. The summed E-state index contributed by atoms with van der Waals surface area (Å²) < 4.78 is 1.97. The lowest BCUT2D eigenvalue weighted by Gasteiger charge is -2.36. The van der Waals surface area contributed by atoms with Gasteiger partial charge in [0, 0.05) is 13.1 Å². The van der Waals surface area contributed by atoms with Gasteiger partial charge in [-0.2, -0.15) is 0 Å². The highest BCUT2D eigenvalue weighted by molar-refractivity contribution is 6.02. The molecule has 1 aromatic rings. The van der Waals surface area contributed by atoms with E-state index in [9.17, 15) is 14.7 Å². The molecule has 7 nitrogen and oxygen atoms in total. The second kappa shape index (κ2) is 4.98. The number of aliphatic carboxylic acids is 1. The van der Waals surface area contributed by atoms with Crippen molar-refractivity contribution >= 4 is 11.9 Å². The highest BCUT2D eigenvalue weighted by atomic mass is 16.4. The smallest absolute Gasteiger partial charge is 0.319 e. The van der Waals surface area contributed by atoms with Gasteiger partial charge in [-0.1, -0.05) is 12.2 Å². The molecular weight excluding hydrogens is 272 g/mol.